The van der Waals surface area contributed by atoms with Crippen LogP contribution in [0.3, 0.4) is 0 Å². The smallest absolute Gasteiger partial charge is 0.411 e. The molecule has 2 aromatic rings. The van der Waals surface area contributed by atoms with Gasteiger partial charge in [-0.05, 0) is 63.4 Å². The highest BCUT2D eigenvalue weighted by Gasteiger charge is 2.61. The quantitative estimate of drug-likeness (QED) is 0.133. The van der Waals surface area contributed by atoms with Crippen molar-refractivity contribution in [2.75, 3.05) is 6.54 Å². The Kier molecular flexibility index (Phi) is 13.6. The van der Waals surface area contributed by atoms with Crippen molar-refractivity contribution in [2.45, 2.75) is 143 Å². The molecule has 12 atom stereocenters. The molecule has 3 saturated heterocycles. The van der Waals surface area contributed by atoms with Crippen LogP contribution in [0.25, 0.3) is 11.3 Å². The van der Waals surface area contributed by atoms with Crippen molar-refractivity contribution in [3.63, 3.8) is 0 Å². The molecule has 0 bridgehead atoms. The molecule has 0 radical (unpaired) electrons. The van der Waals surface area contributed by atoms with Gasteiger partial charge in [0, 0.05) is 55.0 Å². The Labute approximate surface area is 330 Å². The van der Waals surface area contributed by atoms with E-state index in [1.165, 1.54) is 19.3 Å². The van der Waals surface area contributed by atoms with E-state index in [9.17, 15) is 24.3 Å². The molecule has 3 aliphatic rings. The van der Waals surface area contributed by atoms with Crippen LogP contribution in [0.15, 0.2) is 43.9 Å². The molecule has 5 rings (SSSR count). The van der Waals surface area contributed by atoms with E-state index < -0.39 is 83.2 Å². The molecule has 0 aromatic carbocycles. The molecule has 2 aromatic heterocycles. The molecule has 3 aliphatic heterocycles. The first-order chi connectivity index (χ1) is 26.4. The number of hydrogen-bond acceptors (Lipinski definition) is 12. The number of ketones is 2. The molecule has 0 spiro atoms. The van der Waals surface area contributed by atoms with E-state index in [4.69, 9.17) is 18.9 Å². The summed E-state index contributed by atoms with van der Waals surface area (Å²) in [4.78, 5) is 70.9. The molecular weight excluding hydrogens is 718 g/mol. The lowest BCUT2D eigenvalue weighted by Crippen LogP contribution is -2.58. The Morgan fingerprint density at radius 2 is 1.68 bits per heavy atom. The lowest BCUT2D eigenvalue weighted by Gasteiger charge is -2.45. The van der Waals surface area contributed by atoms with Crippen LogP contribution in [-0.2, 0) is 39.9 Å². The Bertz CT molecular complexity index is 1720. The summed E-state index contributed by atoms with van der Waals surface area (Å²) in [5, 5.41) is 11.1. The van der Waals surface area contributed by atoms with Gasteiger partial charge in [0.2, 0.25) is 0 Å². The molecule has 0 saturated carbocycles. The average molecular weight is 780 g/mol. The summed E-state index contributed by atoms with van der Waals surface area (Å²) >= 11 is 0. The van der Waals surface area contributed by atoms with Crippen LogP contribution in [-0.4, -0.2) is 102 Å². The molecule has 1 amide bonds. The van der Waals surface area contributed by atoms with E-state index in [0.29, 0.717) is 32.2 Å². The number of aliphatic hydroxyl groups is 1. The van der Waals surface area contributed by atoms with E-state index >= 15 is 0 Å². The molecule has 308 valence electrons. The minimum Gasteiger partial charge on any atom is -0.457 e. The van der Waals surface area contributed by atoms with Crippen LogP contribution in [0.2, 0.25) is 0 Å². The number of fused-ring (bicyclic) bond motifs is 1. The monoisotopic (exact) mass is 779 g/mol. The van der Waals surface area contributed by atoms with Gasteiger partial charge in [0.15, 0.2) is 17.7 Å². The Balaban J connectivity index is 1.43. The number of unbranched alkanes of at least 4 members (excludes halogenated alkanes) is 1. The van der Waals surface area contributed by atoms with Crippen LogP contribution in [0.4, 0.5) is 4.79 Å². The second-order valence-electron chi connectivity index (χ2n) is 17.0. The molecule has 0 unspecified atom stereocenters. The maximum atomic E-state index is 14.7. The highest BCUT2D eigenvalue weighted by atomic mass is 16.7. The second kappa shape index (κ2) is 17.6. The van der Waals surface area contributed by atoms with Crippen molar-refractivity contribution in [1.82, 2.24) is 24.4 Å². The first-order valence-corrected chi connectivity index (χ1v) is 20.1. The number of nitrogens with zero attached hydrogens (tertiary/aromatic N) is 5. The van der Waals surface area contributed by atoms with Gasteiger partial charge in [-0.15, -0.1) is 0 Å². The summed E-state index contributed by atoms with van der Waals surface area (Å²) in [5.41, 5.74) is -0.814. The summed E-state index contributed by atoms with van der Waals surface area (Å²) in [6, 6.07) is -0.852. The third kappa shape index (κ3) is 8.77. The summed E-state index contributed by atoms with van der Waals surface area (Å²) in [5.74, 6) is -4.73. The van der Waals surface area contributed by atoms with Gasteiger partial charge in [-0.3, -0.25) is 19.3 Å². The number of carbonyl (C=O) groups excluding carboxylic acids is 4. The lowest BCUT2D eigenvalue weighted by molar-refractivity contribution is -0.284. The second-order valence-corrected chi connectivity index (χ2v) is 17.0. The normalized spacial score (nSPS) is 35.7. The predicted octanol–water partition coefficient (Wildman–Crippen LogP) is 5.82. The average Bonchev–Trinajstić information content (AvgIpc) is 3.76. The number of ether oxygens (including phenoxy) is 4. The van der Waals surface area contributed by atoms with Crippen molar-refractivity contribution >= 4 is 23.6 Å². The number of rotatable bonds is 10. The van der Waals surface area contributed by atoms with E-state index in [1.54, 1.807) is 44.4 Å². The van der Waals surface area contributed by atoms with Gasteiger partial charge in [0.05, 0.1) is 30.3 Å². The van der Waals surface area contributed by atoms with Crippen molar-refractivity contribution in [3.05, 3.63) is 43.9 Å². The molecular formula is C42H61N5O9. The molecule has 5 heterocycles. The van der Waals surface area contributed by atoms with Gasteiger partial charge in [0.25, 0.3) is 0 Å². The number of hydrogen-bond donors (Lipinski definition) is 1. The van der Waals surface area contributed by atoms with Crippen molar-refractivity contribution < 1.29 is 43.2 Å². The standard InChI is InChI=1S/C42H61N5O9/c1-11-32-42(12-2)36(47(40(52)56-42)16-14-13-15-46-21-31(45-23-46)30-19-43-22-44-20-30)27(6)33(48)25(4)18-41(9,10)37(28(7)35(50)29(8)38(51)54-32)55-39-34(49)24(3)17-26(5)53-39/h12,19-29,32,34,36-37,39,49H,2,11,13-18H2,1,3-10H3/t24-,25+,26+,27-,28-,29+,32+,34+,36+,37+,39-,42+/m0/s1. The van der Waals surface area contributed by atoms with Crippen molar-refractivity contribution in [3.8, 4) is 11.3 Å². The molecule has 3 fully saturated rings. The summed E-state index contributed by atoms with van der Waals surface area (Å²) in [6.45, 7) is 21.3. The van der Waals surface area contributed by atoms with E-state index in [0.717, 1.165) is 11.3 Å². The van der Waals surface area contributed by atoms with Gasteiger partial charge in [-0.25, -0.2) is 19.7 Å². The third-order valence-corrected chi connectivity index (χ3v) is 12.2. The third-order valence-electron chi connectivity index (χ3n) is 12.2. The van der Waals surface area contributed by atoms with E-state index in [2.05, 4.69) is 21.5 Å². The topological polar surface area (TPSA) is 172 Å². The number of aryl methyl sites for hydroxylation is 1. The largest absolute Gasteiger partial charge is 0.457 e. The Morgan fingerprint density at radius 1 is 1.00 bits per heavy atom. The zero-order chi connectivity index (χ0) is 41.1. The Morgan fingerprint density at radius 3 is 2.34 bits per heavy atom. The number of carbonyl (C=O) groups is 4. The van der Waals surface area contributed by atoms with Crippen LogP contribution in [0, 0.1) is 35.0 Å². The first kappa shape index (κ1) is 43.1. The van der Waals surface area contributed by atoms with Crippen molar-refractivity contribution in [2.24, 2.45) is 35.0 Å². The summed E-state index contributed by atoms with van der Waals surface area (Å²) in [6.07, 6.45) is 7.88. The number of amides is 1. The highest BCUT2D eigenvalue weighted by Crippen LogP contribution is 2.45. The number of Topliss-reactive ketones (excluding diaryl/α,β-unsaturated/α-hetero) is 2. The molecule has 0 aliphatic carbocycles. The van der Waals surface area contributed by atoms with E-state index in [1.807, 2.05) is 45.4 Å². The van der Waals surface area contributed by atoms with Crippen molar-refractivity contribution in [1.29, 1.82) is 0 Å². The summed E-state index contributed by atoms with van der Waals surface area (Å²) in [7, 11) is 0. The SMILES string of the molecule is C=C[C@]12OC(=O)N(CCCCn3cnc(-c4cncnc4)c3)[C@@H]1[C@@H](C)C(=O)[C@H](C)CC(C)(C)[C@H](O[C@@H]1O[C@H](C)C[C@H](C)[C@H]1O)[C@@H](C)C(=O)[C@@H](C)C(=O)O[C@@H]2CC. The fourth-order valence-electron chi connectivity index (χ4n) is 9.25. The minimum absolute atomic E-state index is 0.101. The lowest BCUT2D eigenvalue weighted by atomic mass is 9.69. The predicted molar refractivity (Wildman–Crippen MR) is 207 cm³/mol. The van der Waals surface area contributed by atoms with Gasteiger partial charge in [-0.2, -0.15) is 0 Å². The van der Waals surface area contributed by atoms with Gasteiger partial charge >= 0.3 is 12.1 Å². The number of aromatic nitrogens is 4. The van der Waals surface area contributed by atoms with Crippen LogP contribution >= 0.6 is 0 Å². The van der Waals surface area contributed by atoms with Gasteiger partial charge in [-0.1, -0.05) is 55.0 Å². The number of cyclic esters (lactones) is 1. The van der Waals surface area contributed by atoms with E-state index in [-0.39, 0.29) is 30.8 Å². The van der Waals surface area contributed by atoms with Crippen LogP contribution in [0.5, 0.6) is 0 Å². The molecule has 56 heavy (non-hydrogen) atoms. The maximum absolute atomic E-state index is 14.7. The zero-order valence-corrected chi connectivity index (χ0v) is 34.4. The highest BCUT2D eigenvalue weighted by molar-refractivity contribution is 6.00. The summed E-state index contributed by atoms with van der Waals surface area (Å²) < 4.78 is 26.9. The molecule has 1 N–H and O–H groups in total. The number of aliphatic hydroxyl groups excluding tert-OH is 1. The number of imidazole rings is 1. The zero-order valence-electron chi connectivity index (χ0n) is 34.4. The van der Waals surface area contributed by atoms with Crippen LogP contribution in [0.1, 0.15) is 94.4 Å². The minimum atomic E-state index is -1.56. The van der Waals surface area contributed by atoms with Gasteiger partial charge in [0.1, 0.15) is 30.2 Å². The molecule has 14 heteroatoms. The maximum Gasteiger partial charge on any atom is 0.411 e. The Hall–Kier alpha value is -4.01. The molecule has 14 nitrogen and oxygen atoms in total. The van der Waals surface area contributed by atoms with Crippen LogP contribution < -0.4 is 0 Å². The fraction of sp³-hybridized carbons (Fsp3) is 0.690. The fourth-order valence-corrected chi connectivity index (χ4v) is 9.25. The number of esters is 1. The van der Waals surface area contributed by atoms with Gasteiger partial charge < -0.3 is 28.6 Å². The first-order valence-electron chi connectivity index (χ1n) is 20.1.